The number of hydrogen-bond acceptors (Lipinski definition) is 6. The van der Waals surface area contributed by atoms with E-state index in [9.17, 15) is 19.5 Å². The average molecular weight is 489 g/mol. The minimum atomic E-state index is -1.29. The van der Waals surface area contributed by atoms with Gasteiger partial charge in [-0.3, -0.25) is 19.6 Å². The fourth-order valence-corrected chi connectivity index (χ4v) is 3.30. The molecule has 9 heteroatoms. The van der Waals surface area contributed by atoms with Crippen molar-refractivity contribution in [2.45, 2.75) is 44.4 Å². The summed E-state index contributed by atoms with van der Waals surface area (Å²) in [7, 11) is 0. The fourth-order valence-electron chi connectivity index (χ4n) is 3.30. The monoisotopic (exact) mass is 488 g/mol. The number of hydrogen-bond donors (Lipinski definition) is 6. The maximum atomic E-state index is 12.3. The highest BCUT2D eigenvalue weighted by Gasteiger charge is 2.25. The van der Waals surface area contributed by atoms with Crippen molar-refractivity contribution in [3.05, 3.63) is 65.2 Å². The Morgan fingerprint density at radius 3 is 2.06 bits per heavy atom. The summed E-state index contributed by atoms with van der Waals surface area (Å²) < 4.78 is 0. The molecule has 36 heavy (non-hydrogen) atoms. The van der Waals surface area contributed by atoms with Crippen LogP contribution in [0.5, 0.6) is 0 Å². The number of aliphatic hydroxyl groups is 1. The van der Waals surface area contributed by atoms with Crippen LogP contribution in [0.1, 0.15) is 47.7 Å². The first-order valence-electron chi connectivity index (χ1n) is 11.5. The average Bonchev–Trinajstić information content (AvgIpc) is 2.84. The third-order valence-corrected chi connectivity index (χ3v) is 5.61. The van der Waals surface area contributed by atoms with Gasteiger partial charge in [0.15, 0.2) is 0 Å². The van der Waals surface area contributed by atoms with Gasteiger partial charge in [-0.25, -0.2) is 5.48 Å². The van der Waals surface area contributed by atoms with E-state index in [0.29, 0.717) is 23.8 Å². The van der Waals surface area contributed by atoms with Crippen molar-refractivity contribution in [3.63, 3.8) is 0 Å². The van der Waals surface area contributed by atoms with Crippen LogP contribution in [-0.2, 0) is 9.59 Å². The molecular formula is C27H28N4O5. The SMILES string of the molecule is C[C@@H](O)[C@H](NC(=O)c1ccc(C#CC#Cc2ccc(NC(=O)CNC3CCC3)cc2)cc1)C(=O)NO. The first-order chi connectivity index (χ1) is 17.4. The number of rotatable bonds is 8. The summed E-state index contributed by atoms with van der Waals surface area (Å²) in [6.45, 7) is 1.62. The Bertz CT molecular complexity index is 1200. The van der Waals surface area contributed by atoms with E-state index in [-0.39, 0.29) is 11.5 Å². The molecule has 0 aromatic heterocycles. The van der Waals surface area contributed by atoms with Crippen molar-refractivity contribution in [3.8, 4) is 23.7 Å². The van der Waals surface area contributed by atoms with Crippen LogP contribution in [0.25, 0.3) is 0 Å². The Kier molecular flexibility index (Phi) is 9.61. The number of carbonyl (C=O) groups excluding carboxylic acids is 3. The first-order valence-corrected chi connectivity index (χ1v) is 11.5. The second kappa shape index (κ2) is 13.1. The van der Waals surface area contributed by atoms with E-state index >= 15 is 0 Å². The van der Waals surface area contributed by atoms with Crippen LogP contribution in [0, 0.1) is 23.7 Å². The molecule has 9 nitrogen and oxygen atoms in total. The second-order valence-electron chi connectivity index (χ2n) is 8.38. The third kappa shape index (κ3) is 7.97. The summed E-state index contributed by atoms with van der Waals surface area (Å²) in [4.78, 5) is 35.8. The molecule has 0 bridgehead atoms. The standard InChI is InChI=1S/C27H28N4O5/c1-18(32)25(27(35)31-36)30-26(34)21-13-9-19(10-14-21)5-2-3-6-20-11-15-23(16-12-20)29-24(33)17-28-22-7-4-8-22/h9-16,18,22,25,28,32,36H,4,7-8,17H2,1H3,(H,29,33)(H,30,34)(H,31,35)/t18-,25+/m1/s1. The Hall–Kier alpha value is -4.15. The molecule has 1 saturated carbocycles. The quantitative estimate of drug-likeness (QED) is 0.187. The number of carbonyl (C=O) groups is 3. The molecule has 0 saturated heterocycles. The van der Waals surface area contributed by atoms with Crippen LogP contribution < -0.4 is 21.4 Å². The summed E-state index contributed by atoms with van der Waals surface area (Å²) in [6.07, 6.45) is 2.28. The second-order valence-corrected chi connectivity index (χ2v) is 8.38. The van der Waals surface area contributed by atoms with Gasteiger partial charge in [-0.2, -0.15) is 0 Å². The molecule has 2 aromatic rings. The maximum Gasteiger partial charge on any atom is 0.268 e. The normalized spacial score (nSPS) is 14.0. The zero-order chi connectivity index (χ0) is 25.9. The van der Waals surface area contributed by atoms with E-state index in [0.717, 1.165) is 18.4 Å². The van der Waals surface area contributed by atoms with Crippen molar-refractivity contribution in [2.75, 3.05) is 11.9 Å². The van der Waals surface area contributed by atoms with Crippen LogP contribution in [0.3, 0.4) is 0 Å². The number of benzene rings is 2. The fraction of sp³-hybridized carbons (Fsp3) is 0.296. The van der Waals surface area contributed by atoms with Gasteiger partial charge >= 0.3 is 0 Å². The number of aliphatic hydroxyl groups excluding tert-OH is 1. The number of nitrogens with one attached hydrogen (secondary N) is 4. The van der Waals surface area contributed by atoms with Crippen LogP contribution >= 0.6 is 0 Å². The lowest BCUT2D eigenvalue weighted by Crippen LogP contribution is -2.51. The number of amides is 3. The Labute approximate surface area is 209 Å². The van der Waals surface area contributed by atoms with E-state index in [4.69, 9.17) is 5.21 Å². The summed E-state index contributed by atoms with van der Waals surface area (Å²) in [5.74, 6) is 9.75. The highest BCUT2D eigenvalue weighted by molar-refractivity contribution is 5.97. The van der Waals surface area contributed by atoms with Gasteiger partial charge in [-0.15, -0.1) is 0 Å². The molecule has 6 N–H and O–H groups in total. The van der Waals surface area contributed by atoms with E-state index in [1.165, 1.54) is 31.0 Å². The molecule has 0 spiro atoms. The van der Waals surface area contributed by atoms with Crippen LogP contribution in [0.4, 0.5) is 5.69 Å². The minimum absolute atomic E-state index is 0.0754. The minimum Gasteiger partial charge on any atom is -0.391 e. The number of anilines is 1. The van der Waals surface area contributed by atoms with E-state index in [1.807, 2.05) is 0 Å². The van der Waals surface area contributed by atoms with Crippen molar-refractivity contribution in [1.29, 1.82) is 0 Å². The lowest BCUT2D eigenvalue weighted by Gasteiger charge is -2.26. The topological polar surface area (TPSA) is 140 Å². The van der Waals surface area contributed by atoms with Crippen LogP contribution in [0.15, 0.2) is 48.5 Å². The predicted octanol–water partition coefficient (Wildman–Crippen LogP) is 1.16. The molecule has 1 aliphatic rings. The molecule has 2 atom stereocenters. The van der Waals surface area contributed by atoms with Crippen molar-refractivity contribution in [1.82, 2.24) is 16.1 Å². The summed E-state index contributed by atoms with van der Waals surface area (Å²) in [5, 5.41) is 26.8. The lowest BCUT2D eigenvalue weighted by atomic mass is 9.93. The summed E-state index contributed by atoms with van der Waals surface area (Å²) in [5.41, 5.74) is 3.76. The van der Waals surface area contributed by atoms with Crippen LogP contribution in [0.2, 0.25) is 0 Å². The van der Waals surface area contributed by atoms with Gasteiger partial charge in [0.1, 0.15) is 6.04 Å². The van der Waals surface area contributed by atoms with E-state index in [1.54, 1.807) is 36.4 Å². The van der Waals surface area contributed by atoms with Gasteiger partial charge in [-0.1, -0.05) is 18.3 Å². The lowest BCUT2D eigenvalue weighted by molar-refractivity contribution is -0.133. The molecule has 1 aliphatic carbocycles. The van der Waals surface area contributed by atoms with Crippen LogP contribution in [-0.4, -0.2) is 52.8 Å². The molecule has 3 rings (SSSR count). The highest BCUT2D eigenvalue weighted by atomic mass is 16.5. The smallest absolute Gasteiger partial charge is 0.268 e. The van der Waals surface area contributed by atoms with Gasteiger partial charge < -0.3 is 21.1 Å². The summed E-state index contributed by atoms with van der Waals surface area (Å²) in [6, 6.07) is 12.6. The van der Waals surface area contributed by atoms with Crippen molar-refractivity contribution < 1.29 is 24.7 Å². The van der Waals surface area contributed by atoms with Crippen molar-refractivity contribution in [2.24, 2.45) is 0 Å². The molecular weight excluding hydrogens is 460 g/mol. The van der Waals surface area contributed by atoms with Gasteiger partial charge in [0.05, 0.1) is 12.6 Å². The summed E-state index contributed by atoms with van der Waals surface area (Å²) >= 11 is 0. The number of hydroxylamine groups is 1. The zero-order valence-corrected chi connectivity index (χ0v) is 19.8. The van der Waals surface area contributed by atoms with Crippen molar-refractivity contribution >= 4 is 23.4 Å². The first kappa shape index (κ1) is 26.5. The van der Waals surface area contributed by atoms with Gasteiger partial charge in [-0.05, 0) is 80.1 Å². The zero-order valence-electron chi connectivity index (χ0n) is 19.8. The van der Waals surface area contributed by atoms with E-state index in [2.05, 4.69) is 39.6 Å². The van der Waals surface area contributed by atoms with E-state index < -0.39 is 24.0 Å². The molecule has 0 heterocycles. The van der Waals surface area contributed by atoms with Gasteiger partial charge in [0.25, 0.3) is 11.8 Å². The molecule has 0 unspecified atom stereocenters. The Balaban J connectivity index is 1.50. The molecule has 0 radical (unpaired) electrons. The molecule has 3 amide bonds. The maximum absolute atomic E-state index is 12.3. The predicted molar refractivity (Wildman–Crippen MR) is 134 cm³/mol. The Morgan fingerprint density at radius 2 is 1.56 bits per heavy atom. The van der Waals surface area contributed by atoms with Gasteiger partial charge in [0.2, 0.25) is 5.91 Å². The molecule has 1 fully saturated rings. The molecule has 2 aromatic carbocycles. The largest absolute Gasteiger partial charge is 0.391 e. The third-order valence-electron chi connectivity index (χ3n) is 5.61. The Morgan fingerprint density at radius 1 is 0.972 bits per heavy atom. The van der Waals surface area contributed by atoms with Gasteiger partial charge in [0, 0.05) is 28.4 Å². The molecule has 0 aliphatic heterocycles. The highest BCUT2D eigenvalue weighted by Crippen LogP contribution is 2.17. The molecule has 186 valence electrons.